The van der Waals surface area contributed by atoms with E-state index >= 15 is 0 Å². The quantitative estimate of drug-likeness (QED) is 0.786. The highest BCUT2D eigenvalue weighted by atomic mass is 19.4. The largest absolute Gasteiger partial charge is 0.573 e. The molecule has 28 heavy (non-hydrogen) atoms. The standard InChI is InChI=1S/C18H17F3N4O3/c1-10-8-11(2-5-14(10)28-18(19,20)21)9-23-16(27)13-6-7-22-17(24-13)25-15(26)12-3-4-12/h2,5-8,12H,3-4,9H2,1H3,(H,23,27)(H,22,24,25,26). The van der Waals surface area contributed by atoms with Crippen molar-refractivity contribution >= 4 is 17.8 Å². The second kappa shape index (κ2) is 7.83. The topological polar surface area (TPSA) is 93.2 Å². The number of alkyl halides is 3. The van der Waals surface area contributed by atoms with Gasteiger partial charge in [0.25, 0.3) is 5.91 Å². The lowest BCUT2D eigenvalue weighted by molar-refractivity contribution is -0.274. The van der Waals surface area contributed by atoms with E-state index < -0.39 is 12.3 Å². The van der Waals surface area contributed by atoms with Crippen LogP contribution in [0.3, 0.4) is 0 Å². The summed E-state index contributed by atoms with van der Waals surface area (Å²) in [6.07, 6.45) is -1.74. The van der Waals surface area contributed by atoms with Gasteiger partial charge in [-0.1, -0.05) is 12.1 Å². The van der Waals surface area contributed by atoms with E-state index in [4.69, 9.17) is 0 Å². The average molecular weight is 394 g/mol. The zero-order chi connectivity index (χ0) is 20.3. The molecule has 148 valence electrons. The number of carbonyl (C=O) groups excluding carboxylic acids is 2. The van der Waals surface area contributed by atoms with Crippen molar-refractivity contribution in [2.24, 2.45) is 5.92 Å². The highest BCUT2D eigenvalue weighted by Crippen LogP contribution is 2.29. The van der Waals surface area contributed by atoms with Crippen LogP contribution in [0, 0.1) is 12.8 Å². The monoisotopic (exact) mass is 394 g/mol. The fraction of sp³-hybridized carbons (Fsp3) is 0.333. The highest BCUT2D eigenvalue weighted by molar-refractivity contribution is 5.94. The molecular weight excluding hydrogens is 377 g/mol. The molecule has 0 atom stereocenters. The number of aromatic nitrogens is 2. The van der Waals surface area contributed by atoms with Crippen LogP contribution in [0.1, 0.15) is 34.5 Å². The van der Waals surface area contributed by atoms with Crippen LogP contribution in [0.15, 0.2) is 30.5 Å². The highest BCUT2D eigenvalue weighted by Gasteiger charge is 2.32. The summed E-state index contributed by atoms with van der Waals surface area (Å²) >= 11 is 0. The molecule has 0 aliphatic heterocycles. The maximum absolute atomic E-state index is 12.3. The molecule has 0 unspecified atom stereocenters. The molecule has 1 aliphatic carbocycles. The van der Waals surface area contributed by atoms with Crippen molar-refractivity contribution in [3.05, 3.63) is 47.3 Å². The maximum Gasteiger partial charge on any atom is 0.573 e. The summed E-state index contributed by atoms with van der Waals surface area (Å²) in [5.41, 5.74) is 0.947. The van der Waals surface area contributed by atoms with Crippen LogP contribution in [0.5, 0.6) is 5.75 Å². The first kappa shape index (κ1) is 19.6. The predicted octanol–water partition coefficient (Wildman–Crippen LogP) is 2.96. The molecule has 1 heterocycles. The first-order valence-corrected chi connectivity index (χ1v) is 8.48. The number of rotatable bonds is 6. The number of ether oxygens (including phenoxy) is 1. The van der Waals surface area contributed by atoms with Crippen LogP contribution in [0.2, 0.25) is 0 Å². The van der Waals surface area contributed by atoms with Gasteiger partial charge >= 0.3 is 6.36 Å². The minimum atomic E-state index is -4.76. The van der Waals surface area contributed by atoms with E-state index in [0.717, 1.165) is 12.8 Å². The van der Waals surface area contributed by atoms with Crippen LogP contribution in [-0.2, 0) is 11.3 Å². The van der Waals surface area contributed by atoms with Gasteiger partial charge in [-0.15, -0.1) is 13.2 Å². The van der Waals surface area contributed by atoms with Gasteiger partial charge < -0.3 is 10.1 Å². The number of anilines is 1. The molecule has 2 amide bonds. The Hall–Kier alpha value is -3.17. The molecular formula is C18H17F3N4O3. The summed E-state index contributed by atoms with van der Waals surface area (Å²) in [5, 5.41) is 5.18. The van der Waals surface area contributed by atoms with Gasteiger partial charge in [-0.3, -0.25) is 14.9 Å². The SMILES string of the molecule is Cc1cc(CNC(=O)c2ccnc(NC(=O)C3CC3)n2)ccc1OC(F)(F)F. The van der Waals surface area contributed by atoms with Crippen molar-refractivity contribution in [2.45, 2.75) is 32.7 Å². The third-order valence-corrected chi connectivity index (χ3v) is 3.99. The molecule has 7 nitrogen and oxygen atoms in total. The van der Waals surface area contributed by atoms with Crippen molar-refractivity contribution < 1.29 is 27.5 Å². The molecule has 1 aromatic heterocycles. The number of hydrogen-bond donors (Lipinski definition) is 2. The third kappa shape index (κ3) is 5.41. The number of halogens is 3. The van der Waals surface area contributed by atoms with E-state index in [1.807, 2.05) is 0 Å². The minimum absolute atomic E-state index is 0.0198. The number of hydrogen-bond acceptors (Lipinski definition) is 5. The van der Waals surface area contributed by atoms with Gasteiger partial charge in [0, 0.05) is 18.7 Å². The summed E-state index contributed by atoms with van der Waals surface area (Å²) in [7, 11) is 0. The number of aryl methyl sites for hydroxylation is 1. The number of amides is 2. The van der Waals surface area contributed by atoms with E-state index in [-0.39, 0.29) is 41.3 Å². The van der Waals surface area contributed by atoms with Crippen molar-refractivity contribution in [3.8, 4) is 5.75 Å². The zero-order valence-corrected chi connectivity index (χ0v) is 14.8. The van der Waals surface area contributed by atoms with Gasteiger partial charge in [-0.2, -0.15) is 0 Å². The fourth-order valence-electron chi connectivity index (χ4n) is 2.44. The predicted molar refractivity (Wildman–Crippen MR) is 92.4 cm³/mol. The minimum Gasteiger partial charge on any atom is -0.406 e. The summed E-state index contributed by atoms with van der Waals surface area (Å²) < 4.78 is 40.8. The smallest absolute Gasteiger partial charge is 0.406 e. The molecule has 3 rings (SSSR count). The van der Waals surface area contributed by atoms with Crippen molar-refractivity contribution in [2.75, 3.05) is 5.32 Å². The Morgan fingerprint density at radius 2 is 2.00 bits per heavy atom. The van der Waals surface area contributed by atoms with E-state index in [0.29, 0.717) is 5.56 Å². The van der Waals surface area contributed by atoms with Crippen LogP contribution in [0.25, 0.3) is 0 Å². The first-order chi connectivity index (χ1) is 13.2. The normalized spacial score (nSPS) is 13.7. The summed E-state index contributed by atoms with van der Waals surface area (Å²) in [6, 6.07) is 5.51. The number of nitrogens with one attached hydrogen (secondary N) is 2. The van der Waals surface area contributed by atoms with E-state index in [1.165, 1.54) is 37.4 Å². The summed E-state index contributed by atoms with van der Waals surface area (Å²) in [4.78, 5) is 31.9. The fourth-order valence-corrected chi connectivity index (χ4v) is 2.44. The molecule has 2 aromatic rings. The van der Waals surface area contributed by atoms with Gasteiger partial charge in [0.05, 0.1) is 0 Å². The molecule has 1 aromatic carbocycles. The lowest BCUT2D eigenvalue weighted by atomic mass is 10.1. The van der Waals surface area contributed by atoms with Gasteiger partial charge in [-0.05, 0) is 43.0 Å². The van der Waals surface area contributed by atoms with E-state index in [2.05, 4.69) is 25.3 Å². The van der Waals surface area contributed by atoms with Crippen molar-refractivity contribution in [3.63, 3.8) is 0 Å². The van der Waals surface area contributed by atoms with Crippen LogP contribution < -0.4 is 15.4 Å². The molecule has 1 aliphatic rings. The third-order valence-electron chi connectivity index (χ3n) is 3.99. The molecule has 0 saturated heterocycles. The van der Waals surface area contributed by atoms with Crippen LogP contribution >= 0.6 is 0 Å². The Balaban J connectivity index is 1.59. The Morgan fingerprint density at radius 3 is 2.64 bits per heavy atom. The molecule has 10 heteroatoms. The average Bonchev–Trinajstić information content (AvgIpc) is 3.46. The lowest BCUT2D eigenvalue weighted by Crippen LogP contribution is -2.25. The molecule has 0 spiro atoms. The van der Waals surface area contributed by atoms with Crippen molar-refractivity contribution in [1.82, 2.24) is 15.3 Å². The maximum atomic E-state index is 12.3. The Morgan fingerprint density at radius 1 is 1.25 bits per heavy atom. The Kier molecular flexibility index (Phi) is 5.48. The summed E-state index contributed by atoms with van der Waals surface area (Å²) in [6.45, 7) is 1.56. The lowest BCUT2D eigenvalue weighted by Gasteiger charge is -2.12. The molecule has 1 saturated carbocycles. The van der Waals surface area contributed by atoms with Gasteiger partial charge in [0.1, 0.15) is 11.4 Å². The first-order valence-electron chi connectivity index (χ1n) is 8.48. The van der Waals surface area contributed by atoms with Crippen LogP contribution in [-0.4, -0.2) is 28.1 Å². The molecule has 1 fully saturated rings. The van der Waals surface area contributed by atoms with E-state index in [1.54, 1.807) is 0 Å². The summed E-state index contributed by atoms with van der Waals surface area (Å²) in [5.74, 6) is -0.941. The number of carbonyl (C=O) groups is 2. The molecule has 0 bridgehead atoms. The zero-order valence-electron chi connectivity index (χ0n) is 14.8. The molecule has 2 N–H and O–H groups in total. The van der Waals surface area contributed by atoms with Gasteiger partial charge in [0.15, 0.2) is 0 Å². The number of nitrogens with zero attached hydrogens (tertiary/aromatic N) is 2. The molecule has 0 radical (unpaired) electrons. The second-order valence-corrected chi connectivity index (χ2v) is 6.36. The van der Waals surface area contributed by atoms with E-state index in [9.17, 15) is 22.8 Å². The Bertz CT molecular complexity index is 898. The number of benzene rings is 1. The van der Waals surface area contributed by atoms with Gasteiger partial charge in [-0.25, -0.2) is 9.97 Å². The van der Waals surface area contributed by atoms with Crippen LogP contribution in [0.4, 0.5) is 19.1 Å². The Labute approximate surface area is 158 Å². The van der Waals surface area contributed by atoms with Crippen molar-refractivity contribution in [1.29, 1.82) is 0 Å². The second-order valence-electron chi connectivity index (χ2n) is 6.36. The van der Waals surface area contributed by atoms with Gasteiger partial charge in [0.2, 0.25) is 11.9 Å².